The van der Waals surface area contributed by atoms with Gasteiger partial charge >= 0.3 is 0 Å². The van der Waals surface area contributed by atoms with Crippen LogP contribution in [0, 0.1) is 5.92 Å². The van der Waals surface area contributed by atoms with Crippen LogP contribution in [0.15, 0.2) is 16.7 Å². The molecule has 1 aromatic rings. The molecule has 0 bridgehead atoms. The molecule has 25 heavy (non-hydrogen) atoms. The molecule has 1 heterocycles. The minimum atomic E-state index is -1.92. The van der Waals surface area contributed by atoms with Gasteiger partial charge in [0.05, 0.1) is 11.5 Å². The van der Waals surface area contributed by atoms with Crippen LogP contribution < -0.4 is 16.6 Å². The van der Waals surface area contributed by atoms with Gasteiger partial charge in [-0.15, -0.1) is 0 Å². The van der Waals surface area contributed by atoms with Crippen molar-refractivity contribution < 1.29 is 14.0 Å². The number of nitrogens with zero attached hydrogens (tertiary/aromatic N) is 1. The highest BCUT2D eigenvalue weighted by Gasteiger charge is 2.37. The number of amides is 2. The Morgan fingerprint density at radius 1 is 1.36 bits per heavy atom. The number of anilines is 1. The molecule has 7 nitrogen and oxygen atoms in total. The first kappa shape index (κ1) is 21.6. The number of carbonyl (C=O) groups is 2. The first-order chi connectivity index (χ1) is 11.3. The third-order valence-electron chi connectivity index (χ3n) is 4.38. The van der Waals surface area contributed by atoms with Gasteiger partial charge in [0.1, 0.15) is 5.82 Å². The molecule has 0 saturated heterocycles. The first-order valence-corrected chi connectivity index (χ1v) is 11.7. The highest BCUT2D eigenvalue weighted by atomic mass is 79.9. The molecular weight excluding hydrogens is 404 g/mol. The molecule has 0 unspecified atom stereocenters. The summed E-state index contributed by atoms with van der Waals surface area (Å²) in [5.74, 6) is -1.16. The van der Waals surface area contributed by atoms with E-state index in [-0.39, 0.29) is 22.3 Å². The topological polar surface area (TPSA) is 106 Å². The zero-order chi connectivity index (χ0) is 19.4. The third-order valence-corrected chi connectivity index (χ3v) is 9.31. The molecule has 1 aromatic heterocycles. The van der Waals surface area contributed by atoms with Crippen LogP contribution in [0.1, 0.15) is 38.1 Å². The van der Waals surface area contributed by atoms with Crippen molar-refractivity contribution in [2.24, 2.45) is 5.92 Å². The summed E-state index contributed by atoms with van der Waals surface area (Å²) in [7, 11) is -1.92. The molecule has 4 N–H and O–H groups in total. The molecule has 0 aromatic carbocycles. The van der Waals surface area contributed by atoms with Gasteiger partial charge in [-0.25, -0.2) is 4.98 Å². The third kappa shape index (κ3) is 6.09. The summed E-state index contributed by atoms with van der Waals surface area (Å²) < 4.78 is 6.65. The summed E-state index contributed by atoms with van der Waals surface area (Å²) in [6.07, 6.45) is 1.49. The van der Waals surface area contributed by atoms with Gasteiger partial charge in [0.15, 0.2) is 8.32 Å². The Labute approximate surface area is 158 Å². The van der Waals surface area contributed by atoms with Crippen molar-refractivity contribution in [1.29, 1.82) is 0 Å². The standard InChI is InChI=1S/C16H27BrN4O3Si/c1-10(9-24-25(5,6)16(2,3)4)14(22)20-21-15(23)12-7-11(17)8-19-13(12)18/h7-8,10H,9H2,1-6H3,(H2,18,19)(H,20,22)(H,21,23)/t10-/m0/s1. The van der Waals surface area contributed by atoms with E-state index in [1.54, 1.807) is 6.92 Å². The normalized spacial score (nSPS) is 13.2. The lowest BCUT2D eigenvalue weighted by atomic mass is 10.2. The number of rotatable bonds is 5. The number of nitrogen functional groups attached to an aromatic ring is 1. The number of hydrazine groups is 1. The smallest absolute Gasteiger partial charge is 0.273 e. The average molecular weight is 431 g/mol. The highest BCUT2D eigenvalue weighted by molar-refractivity contribution is 9.10. The quantitative estimate of drug-likeness (QED) is 0.491. The fraction of sp³-hybridized carbons (Fsp3) is 0.562. The van der Waals surface area contributed by atoms with Gasteiger partial charge in [0.2, 0.25) is 5.91 Å². The molecule has 140 valence electrons. The Hall–Kier alpha value is -1.45. The van der Waals surface area contributed by atoms with Crippen molar-refractivity contribution in [1.82, 2.24) is 15.8 Å². The van der Waals surface area contributed by atoms with Crippen LogP contribution in [-0.4, -0.2) is 31.7 Å². The number of hydrogen-bond donors (Lipinski definition) is 3. The van der Waals surface area contributed by atoms with E-state index in [0.717, 1.165) is 0 Å². The molecule has 1 rings (SSSR count). The highest BCUT2D eigenvalue weighted by Crippen LogP contribution is 2.36. The lowest BCUT2D eigenvalue weighted by Gasteiger charge is -2.36. The maximum absolute atomic E-state index is 12.2. The van der Waals surface area contributed by atoms with E-state index in [1.807, 2.05) is 0 Å². The summed E-state index contributed by atoms with van der Waals surface area (Å²) in [6.45, 7) is 12.7. The number of carbonyl (C=O) groups excluding carboxylic acids is 2. The Morgan fingerprint density at radius 2 is 1.96 bits per heavy atom. The second-order valence-corrected chi connectivity index (χ2v) is 13.2. The molecule has 0 aliphatic carbocycles. The van der Waals surface area contributed by atoms with E-state index in [4.69, 9.17) is 10.2 Å². The summed E-state index contributed by atoms with van der Waals surface area (Å²) in [4.78, 5) is 28.1. The largest absolute Gasteiger partial charge is 0.416 e. The maximum Gasteiger partial charge on any atom is 0.273 e. The van der Waals surface area contributed by atoms with E-state index in [2.05, 4.69) is 65.6 Å². The van der Waals surface area contributed by atoms with Crippen molar-refractivity contribution in [3.05, 3.63) is 22.3 Å². The van der Waals surface area contributed by atoms with E-state index >= 15 is 0 Å². The summed E-state index contributed by atoms with van der Waals surface area (Å²) in [6, 6.07) is 1.54. The lowest BCUT2D eigenvalue weighted by Crippen LogP contribution is -2.47. The molecule has 0 radical (unpaired) electrons. The van der Waals surface area contributed by atoms with E-state index in [1.165, 1.54) is 12.3 Å². The molecule has 0 aliphatic heterocycles. The number of halogens is 1. The predicted octanol–water partition coefficient (Wildman–Crippen LogP) is 2.85. The second-order valence-electron chi connectivity index (χ2n) is 7.50. The number of hydrogen-bond acceptors (Lipinski definition) is 5. The van der Waals surface area contributed by atoms with Gasteiger partial charge in [-0.05, 0) is 40.1 Å². The minimum absolute atomic E-state index is 0.0721. The molecule has 0 spiro atoms. The first-order valence-electron chi connectivity index (χ1n) is 8.00. The van der Waals surface area contributed by atoms with Crippen LogP contribution in [0.4, 0.5) is 5.82 Å². The second kappa shape index (κ2) is 8.28. The fourth-order valence-electron chi connectivity index (χ4n) is 1.57. The van der Waals surface area contributed by atoms with Crippen LogP contribution in [-0.2, 0) is 9.22 Å². The number of aromatic nitrogens is 1. The molecule has 0 saturated carbocycles. The fourth-order valence-corrected chi connectivity index (χ4v) is 3.00. The van der Waals surface area contributed by atoms with Crippen LogP contribution in [0.5, 0.6) is 0 Å². The Morgan fingerprint density at radius 3 is 2.52 bits per heavy atom. The lowest BCUT2D eigenvalue weighted by molar-refractivity contribution is -0.126. The zero-order valence-electron chi connectivity index (χ0n) is 15.6. The van der Waals surface area contributed by atoms with E-state index in [9.17, 15) is 9.59 Å². The van der Waals surface area contributed by atoms with Gasteiger partial charge in [0.25, 0.3) is 5.91 Å². The molecule has 1 atom stereocenters. The summed E-state index contributed by atoms with van der Waals surface area (Å²) in [5, 5.41) is 0.0721. The zero-order valence-corrected chi connectivity index (χ0v) is 18.2. The maximum atomic E-state index is 12.2. The average Bonchev–Trinajstić information content (AvgIpc) is 2.51. The Kier molecular flexibility index (Phi) is 7.15. The van der Waals surface area contributed by atoms with Gasteiger partial charge in [0, 0.05) is 17.3 Å². The Bertz CT molecular complexity index is 647. The SMILES string of the molecule is C[C@@H](CO[Si](C)(C)C(C)(C)C)C(=O)NNC(=O)c1cc(Br)cnc1N. The van der Waals surface area contributed by atoms with Gasteiger partial charge in [-0.3, -0.25) is 20.4 Å². The molecular formula is C16H27BrN4O3Si. The van der Waals surface area contributed by atoms with Crippen LogP contribution >= 0.6 is 15.9 Å². The minimum Gasteiger partial charge on any atom is -0.416 e. The van der Waals surface area contributed by atoms with Gasteiger partial charge < -0.3 is 10.2 Å². The Balaban J connectivity index is 2.56. The van der Waals surface area contributed by atoms with Crippen LogP contribution in [0.3, 0.4) is 0 Å². The number of nitrogens with one attached hydrogen (secondary N) is 2. The summed E-state index contributed by atoms with van der Waals surface area (Å²) >= 11 is 3.22. The summed E-state index contributed by atoms with van der Waals surface area (Å²) in [5.41, 5.74) is 10.6. The predicted molar refractivity (Wildman–Crippen MR) is 104 cm³/mol. The molecule has 2 amide bonds. The van der Waals surface area contributed by atoms with Crippen molar-refractivity contribution in [3.63, 3.8) is 0 Å². The van der Waals surface area contributed by atoms with Crippen molar-refractivity contribution in [3.8, 4) is 0 Å². The van der Waals surface area contributed by atoms with Gasteiger partial charge in [-0.1, -0.05) is 27.7 Å². The molecule has 0 aliphatic rings. The van der Waals surface area contributed by atoms with E-state index in [0.29, 0.717) is 11.1 Å². The van der Waals surface area contributed by atoms with Crippen molar-refractivity contribution in [2.75, 3.05) is 12.3 Å². The van der Waals surface area contributed by atoms with E-state index < -0.39 is 20.1 Å². The molecule has 0 fully saturated rings. The van der Waals surface area contributed by atoms with Gasteiger partial charge in [-0.2, -0.15) is 0 Å². The molecule has 9 heteroatoms. The monoisotopic (exact) mass is 430 g/mol. The number of nitrogens with two attached hydrogens (primary N) is 1. The van der Waals surface area contributed by atoms with Crippen molar-refractivity contribution in [2.45, 2.75) is 45.8 Å². The van der Waals surface area contributed by atoms with Crippen molar-refractivity contribution >= 4 is 41.9 Å². The number of pyridine rings is 1. The van der Waals surface area contributed by atoms with Crippen LogP contribution in [0.2, 0.25) is 18.1 Å². The van der Waals surface area contributed by atoms with Crippen LogP contribution in [0.25, 0.3) is 0 Å².